The largest absolute Gasteiger partial charge is 0.371 e. The number of hydrogen-bond acceptors (Lipinski definition) is 10. The highest BCUT2D eigenvalue weighted by Crippen LogP contribution is 2.24. The quantitative estimate of drug-likeness (QED) is 0.166. The molecular formula is C33H40N10O5. The number of aromatic amines is 1. The molecule has 2 fully saturated rings. The standard InChI is InChI=1S/C33H40N10O5/c44-28(34-24-15-7-9-17-26(24)47-20-22-11-3-1-4-12-22)19-43-30(36-29(40-43)31(45)37-33-38-41-42-39-33)32(46)35-25-16-8-10-18-27(25)48-21-23-13-5-2-6-14-23/h1-6,11-14,24-27H,7-10,15-21H2,(H,34,44)(H,35,46)(H2,37,38,39,41,42,45)/t24-,25-,26-,27-/m0/s1. The van der Waals surface area contributed by atoms with Gasteiger partial charge in [-0.05, 0) is 47.2 Å². The molecule has 2 heterocycles. The summed E-state index contributed by atoms with van der Waals surface area (Å²) in [6.07, 6.45) is 6.63. The van der Waals surface area contributed by atoms with Crippen molar-refractivity contribution in [2.24, 2.45) is 0 Å². The highest BCUT2D eigenvalue weighted by Gasteiger charge is 2.32. The fourth-order valence-corrected chi connectivity index (χ4v) is 6.19. The van der Waals surface area contributed by atoms with Crippen LogP contribution in [0.5, 0.6) is 0 Å². The van der Waals surface area contributed by atoms with Crippen LogP contribution in [0.25, 0.3) is 0 Å². The van der Waals surface area contributed by atoms with Crippen LogP contribution in [0.4, 0.5) is 5.95 Å². The van der Waals surface area contributed by atoms with Crippen LogP contribution in [0.1, 0.15) is 83.7 Å². The molecule has 2 saturated carbocycles. The minimum absolute atomic E-state index is 0.0143. The summed E-state index contributed by atoms with van der Waals surface area (Å²) in [6, 6.07) is 19.3. The molecule has 48 heavy (non-hydrogen) atoms. The van der Waals surface area contributed by atoms with E-state index in [1.165, 1.54) is 0 Å². The Labute approximate surface area is 277 Å². The number of nitrogens with one attached hydrogen (secondary N) is 4. The van der Waals surface area contributed by atoms with Crippen LogP contribution in [0.15, 0.2) is 60.7 Å². The summed E-state index contributed by atoms with van der Waals surface area (Å²) in [4.78, 5) is 44.4. The monoisotopic (exact) mass is 656 g/mol. The fourth-order valence-electron chi connectivity index (χ4n) is 6.19. The van der Waals surface area contributed by atoms with Crippen molar-refractivity contribution in [2.45, 2.75) is 95.4 Å². The number of carbonyl (C=O) groups excluding carboxylic acids is 3. The SMILES string of the molecule is O=C(Cn1nc(C(=O)Nc2nnn[nH]2)nc1C(=O)N[C@H]1CCCC[C@@H]1OCc1ccccc1)N[C@H]1CCCC[C@@H]1OCc1ccccc1. The number of hydrogen-bond donors (Lipinski definition) is 4. The maximum Gasteiger partial charge on any atom is 0.297 e. The Balaban J connectivity index is 1.14. The van der Waals surface area contributed by atoms with E-state index in [2.05, 4.69) is 46.7 Å². The third-order valence-corrected chi connectivity index (χ3v) is 8.63. The number of nitrogens with zero attached hydrogens (tertiary/aromatic N) is 6. The highest BCUT2D eigenvalue weighted by atomic mass is 16.5. The zero-order valence-electron chi connectivity index (χ0n) is 26.6. The van der Waals surface area contributed by atoms with Crippen molar-refractivity contribution >= 4 is 23.7 Å². The predicted molar refractivity (Wildman–Crippen MR) is 172 cm³/mol. The number of H-pyrrole nitrogens is 1. The Hall–Kier alpha value is -5.02. The van der Waals surface area contributed by atoms with Crippen molar-refractivity contribution in [3.05, 3.63) is 83.4 Å². The van der Waals surface area contributed by atoms with Crippen molar-refractivity contribution in [3.63, 3.8) is 0 Å². The van der Waals surface area contributed by atoms with E-state index >= 15 is 0 Å². The summed E-state index contributed by atoms with van der Waals surface area (Å²) in [5, 5.41) is 25.8. The Morgan fingerprint density at radius 2 is 1.35 bits per heavy atom. The van der Waals surface area contributed by atoms with E-state index < -0.39 is 11.8 Å². The molecule has 15 nitrogen and oxygen atoms in total. The number of anilines is 1. The van der Waals surface area contributed by atoms with E-state index in [0.717, 1.165) is 67.2 Å². The summed E-state index contributed by atoms with van der Waals surface area (Å²) in [7, 11) is 0. The summed E-state index contributed by atoms with van der Waals surface area (Å²) in [5.74, 6) is -2.17. The second-order valence-corrected chi connectivity index (χ2v) is 12.1. The molecule has 0 saturated heterocycles. The minimum atomic E-state index is -0.745. The molecule has 0 spiro atoms. The molecular weight excluding hydrogens is 616 g/mol. The topological polar surface area (TPSA) is 191 Å². The van der Waals surface area contributed by atoms with Crippen molar-refractivity contribution in [2.75, 3.05) is 5.32 Å². The predicted octanol–water partition coefficient (Wildman–Crippen LogP) is 2.95. The van der Waals surface area contributed by atoms with Gasteiger partial charge in [-0.25, -0.2) is 9.78 Å². The normalized spacial score (nSPS) is 20.9. The van der Waals surface area contributed by atoms with E-state index in [1.54, 1.807) is 0 Å². The van der Waals surface area contributed by atoms with Gasteiger partial charge >= 0.3 is 0 Å². The summed E-state index contributed by atoms with van der Waals surface area (Å²) >= 11 is 0. The molecule has 0 bridgehead atoms. The Morgan fingerprint density at radius 3 is 1.94 bits per heavy atom. The van der Waals surface area contributed by atoms with Crippen molar-refractivity contribution < 1.29 is 23.9 Å². The number of aromatic nitrogens is 7. The molecule has 0 aliphatic heterocycles. The molecule has 4 atom stereocenters. The lowest BCUT2D eigenvalue weighted by molar-refractivity contribution is -0.124. The van der Waals surface area contributed by atoms with Crippen molar-refractivity contribution in [3.8, 4) is 0 Å². The van der Waals surface area contributed by atoms with Gasteiger partial charge < -0.3 is 20.1 Å². The minimum Gasteiger partial charge on any atom is -0.371 e. The fraction of sp³-hybridized carbons (Fsp3) is 0.455. The molecule has 0 radical (unpaired) electrons. The van der Waals surface area contributed by atoms with E-state index in [4.69, 9.17) is 9.47 Å². The summed E-state index contributed by atoms with van der Waals surface area (Å²) < 4.78 is 13.6. The molecule has 0 unspecified atom stereocenters. The van der Waals surface area contributed by atoms with Gasteiger partial charge in [-0.15, -0.1) is 5.10 Å². The van der Waals surface area contributed by atoms with E-state index in [0.29, 0.717) is 13.2 Å². The average molecular weight is 657 g/mol. The molecule has 2 aromatic heterocycles. The molecule has 4 aromatic rings. The Kier molecular flexibility index (Phi) is 11.1. The van der Waals surface area contributed by atoms with Crippen molar-refractivity contribution in [1.29, 1.82) is 0 Å². The molecule has 15 heteroatoms. The first-order chi connectivity index (χ1) is 23.5. The van der Waals surface area contributed by atoms with E-state index in [1.807, 2.05) is 60.7 Å². The van der Waals surface area contributed by atoms with Gasteiger partial charge in [0, 0.05) is 0 Å². The molecule has 2 aliphatic rings. The smallest absolute Gasteiger partial charge is 0.297 e. The molecule has 2 aromatic carbocycles. The number of carbonyl (C=O) groups is 3. The van der Waals surface area contributed by atoms with Gasteiger partial charge in [0.2, 0.25) is 23.5 Å². The zero-order valence-corrected chi connectivity index (χ0v) is 26.6. The first-order valence-electron chi connectivity index (χ1n) is 16.4. The Bertz CT molecular complexity index is 1630. The van der Waals surface area contributed by atoms with Crippen LogP contribution in [0.3, 0.4) is 0 Å². The van der Waals surface area contributed by atoms with Gasteiger partial charge in [0.05, 0.1) is 37.5 Å². The number of ether oxygens (including phenoxy) is 2. The molecule has 4 N–H and O–H groups in total. The van der Waals surface area contributed by atoms with Crippen LogP contribution >= 0.6 is 0 Å². The molecule has 252 valence electrons. The second-order valence-electron chi connectivity index (χ2n) is 12.1. The number of benzene rings is 2. The summed E-state index contributed by atoms with van der Waals surface area (Å²) in [5.41, 5.74) is 2.10. The maximum atomic E-state index is 13.7. The van der Waals surface area contributed by atoms with Crippen LogP contribution in [-0.4, -0.2) is 77.4 Å². The molecule has 3 amide bonds. The molecule has 2 aliphatic carbocycles. The highest BCUT2D eigenvalue weighted by molar-refractivity contribution is 6.01. The van der Waals surface area contributed by atoms with Crippen LogP contribution in [0.2, 0.25) is 0 Å². The average Bonchev–Trinajstić information content (AvgIpc) is 3.79. The van der Waals surface area contributed by atoms with Crippen LogP contribution in [-0.2, 0) is 34.0 Å². The van der Waals surface area contributed by atoms with Gasteiger partial charge in [-0.3, -0.25) is 19.7 Å². The first kappa shape index (κ1) is 32.9. The van der Waals surface area contributed by atoms with Gasteiger partial charge in [-0.2, -0.15) is 4.98 Å². The van der Waals surface area contributed by atoms with Gasteiger partial charge in [0.1, 0.15) is 6.54 Å². The van der Waals surface area contributed by atoms with Crippen LogP contribution in [0, 0.1) is 0 Å². The maximum absolute atomic E-state index is 13.7. The number of amides is 3. The summed E-state index contributed by atoms with van der Waals surface area (Å²) in [6.45, 7) is 0.543. The zero-order chi connectivity index (χ0) is 33.1. The first-order valence-corrected chi connectivity index (χ1v) is 16.4. The lowest BCUT2D eigenvalue weighted by Crippen LogP contribution is -2.48. The Morgan fingerprint density at radius 1 is 0.771 bits per heavy atom. The van der Waals surface area contributed by atoms with Gasteiger partial charge in [0.15, 0.2) is 0 Å². The van der Waals surface area contributed by atoms with E-state index in [-0.39, 0.29) is 54.3 Å². The lowest BCUT2D eigenvalue weighted by Gasteiger charge is -2.32. The lowest BCUT2D eigenvalue weighted by atomic mass is 9.92. The number of tetrazole rings is 1. The van der Waals surface area contributed by atoms with Crippen LogP contribution < -0.4 is 16.0 Å². The third kappa shape index (κ3) is 8.86. The van der Waals surface area contributed by atoms with Crippen molar-refractivity contribution in [1.82, 2.24) is 46.0 Å². The third-order valence-electron chi connectivity index (χ3n) is 8.63. The second kappa shape index (κ2) is 16.2. The van der Waals surface area contributed by atoms with E-state index in [9.17, 15) is 14.4 Å². The van der Waals surface area contributed by atoms with Gasteiger partial charge in [-0.1, -0.05) is 91.4 Å². The molecule has 6 rings (SSSR count). The van der Waals surface area contributed by atoms with Gasteiger partial charge in [0.25, 0.3) is 11.8 Å². The number of rotatable bonds is 13.